The number of hydrogen-bond acceptors (Lipinski definition) is 6. The Morgan fingerprint density at radius 2 is 1.58 bits per heavy atom. The molecule has 0 bridgehead atoms. The largest absolute Gasteiger partial charge is 0.508 e. The second-order valence-corrected chi connectivity index (χ2v) is 9.56. The van der Waals surface area contributed by atoms with Gasteiger partial charge >= 0.3 is 5.69 Å². The molecule has 0 saturated heterocycles. The van der Waals surface area contributed by atoms with E-state index in [4.69, 9.17) is 0 Å². The lowest BCUT2D eigenvalue weighted by Gasteiger charge is -2.21. The van der Waals surface area contributed by atoms with Crippen LogP contribution in [0.5, 0.6) is 11.5 Å². The summed E-state index contributed by atoms with van der Waals surface area (Å²) in [6.45, 7) is 8.88. The monoisotopic (exact) mass is 515 g/mol. The summed E-state index contributed by atoms with van der Waals surface area (Å²) >= 11 is 0. The zero-order valence-electron chi connectivity index (χ0n) is 21.8. The normalized spacial score (nSPS) is 11.3. The Morgan fingerprint density at radius 3 is 2.16 bits per heavy atom. The fourth-order valence-electron chi connectivity index (χ4n) is 4.42. The number of nitrogens with one attached hydrogen (secondary N) is 2. The fraction of sp³-hybridized carbons (Fsp3) is 0.276. The minimum absolute atomic E-state index is 0.00126. The van der Waals surface area contributed by atoms with E-state index in [0.717, 1.165) is 30.8 Å². The standard InChI is InChI=1S/C29H33N5O4/c1-4-33(16-21-7-5-20(6-8-21)15-30-18-35)17-22-9-11-23(12-10-22)34-28(31-32-29(34)38)25-13-24(19(2)3)26(36)14-27(25)37/h5-14,18-19,36-37H,4,15-17H2,1-3H3,(H,30,35)(H,32,38). The van der Waals surface area contributed by atoms with Crippen molar-refractivity contribution < 1.29 is 15.0 Å². The molecule has 0 unspecified atom stereocenters. The summed E-state index contributed by atoms with van der Waals surface area (Å²) in [4.78, 5) is 25.5. The highest BCUT2D eigenvalue weighted by atomic mass is 16.3. The molecule has 0 aliphatic heterocycles. The summed E-state index contributed by atoms with van der Waals surface area (Å²) in [5, 5.41) is 30.0. The molecule has 0 radical (unpaired) electrons. The van der Waals surface area contributed by atoms with E-state index in [2.05, 4.69) is 39.5 Å². The number of aromatic hydroxyl groups is 2. The van der Waals surface area contributed by atoms with Crippen LogP contribution in [0.15, 0.2) is 65.5 Å². The maximum atomic E-state index is 12.7. The van der Waals surface area contributed by atoms with Gasteiger partial charge in [0.1, 0.15) is 11.5 Å². The van der Waals surface area contributed by atoms with Gasteiger partial charge in [-0.25, -0.2) is 14.5 Å². The number of phenolic OH excluding ortho intramolecular Hbond substituents is 2. The number of hydrogen-bond donors (Lipinski definition) is 4. The van der Waals surface area contributed by atoms with E-state index in [1.807, 2.05) is 50.2 Å². The first-order chi connectivity index (χ1) is 18.3. The molecule has 0 saturated carbocycles. The second-order valence-electron chi connectivity index (χ2n) is 9.56. The van der Waals surface area contributed by atoms with Crippen molar-refractivity contribution in [3.05, 3.63) is 93.4 Å². The topological polar surface area (TPSA) is 123 Å². The molecule has 3 aromatic carbocycles. The molecule has 0 aliphatic carbocycles. The molecule has 0 atom stereocenters. The molecule has 1 aromatic heterocycles. The number of carbonyl (C=O) groups is 1. The van der Waals surface area contributed by atoms with Crippen LogP contribution < -0.4 is 11.0 Å². The van der Waals surface area contributed by atoms with Gasteiger partial charge in [0.05, 0.1) is 11.3 Å². The highest BCUT2D eigenvalue weighted by Crippen LogP contribution is 2.37. The van der Waals surface area contributed by atoms with Crippen LogP contribution >= 0.6 is 0 Å². The van der Waals surface area contributed by atoms with E-state index >= 15 is 0 Å². The molecule has 1 heterocycles. The van der Waals surface area contributed by atoms with Crippen LogP contribution in [0.25, 0.3) is 17.1 Å². The third kappa shape index (κ3) is 5.95. The van der Waals surface area contributed by atoms with Crippen molar-refractivity contribution in [1.82, 2.24) is 25.0 Å². The zero-order valence-corrected chi connectivity index (χ0v) is 21.8. The van der Waals surface area contributed by atoms with E-state index in [1.54, 1.807) is 6.07 Å². The van der Waals surface area contributed by atoms with Gasteiger partial charge in [0.2, 0.25) is 6.41 Å². The summed E-state index contributed by atoms with van der Waals surface area (Å²) in [7, 11) is 0. The lowest BCUT2D eigenvalue weighted by atomic mass is 9.98. The number of aromatic amines is 1. The van der Waals surface area contributed by atoms with Gasteiger partial charge in [-0.15, -0.1) is 0 Å². The molecule has 4 N–H and O–H groups in total. The average molecular weight is 516 g/mol. The molecule has 1 amide bonds. The maximum absolute atomic E-state index is 12.7. The molecule has 4 rings (SSSR count). The molecule has 0 aliphatic rings. The smallest absolute Gasteiger partial charge is 0.348 e. The van der Waals surface area contributed by atoms with Crippen LogP contribution in [-0.2, 0) is 24.4 Å². The number of phenols is 2. The lowest BCUT2D eigenvalue weighted by Crippen LogP contribution is -2.22. The first-order valence-corrected chi connectivity index (χ1v) is 12.6. The van der Waals surface area contributed by atoms with Gasteiger partial charge in [-0.3, -0.25) is 9.69 Å². The molecule has 38 heavy (non-hydrogen) atoms. The van der Waals surface area contributed by atoms with Crippen molar-refractivity contribution in [2.24, 2.45) is 0 Å². The Balaban J connectivity index is 1.53. The summed E-state index contributed by atoms with van der Waals surface area (Å²) in [6.07, 6.45) is 0.696. The van der Waals surface area contributed by atoms with Crippen molar-refractivity contribution in [1.29, 1.82) is 0 Å². The second kappa shape index (κ2) is 11.8. The third-order valence-corrected chi connectivity index (χ3v) is 6.55. The Kier molecular flexibility index (Phi) is 8.28. The van der Waals surface area contributed by atoms with Crippen molar-refractivity contribution >= 4 is 6.41 Å². The van der Waals surface area contributed by atoms with Crippen LogP contribution in [-0.4, -0.2) is 42.8 Å². The quantitative estimate of drug-likeness (QED) is 0.224. The van der Waals surface area contributed by atoms with E-state index in [9.17, 15) is 19.8 Å². The van der Waals surface area contributed by atoms with Crippen molar-refractivity contribution in [3.8, 4) is 28.6 Å². The van der Waals surface area contributed by atoms with Crippen molar-refractivity contribution in [3.63, 3.8) is 0 Å². The van der Waals surface area contributed by atoms with Gasteiger partial charge in [0.25, 0.3) is 0 Å². The van der Waals surface area contributed by atoms with Crippen LogP contribution in [0, 0.1) is 0 Å². The van der Waals surface area contributed by atoms with Gasteiger partial charge in [0.15, 0.2) is 5.82 Å². The Morgan fingerprint density at radius 1 is 0.974 bits per heavy atom. The van der Waals surface area contributed by atoms with Crippen LogP contribution in [0.4, 0.5) is 0 Å². The van der Waals surface area contributed by atoms with Crippen LogP contribution in [0.3, 0.4) is 0 Å². The van der Waals surface area contributed by atoms with E-state index < -0.39 is 5.69 Å². The molecule has 9 nitrogen and oxygen atoms in total. The number of amides is 1. The number of rotatable bonds is 11. The Hall–Kier alpha value is -4.37. The number of benzene rings is 3. The summed E-state index contributed by atoms with van der Waals surface area (Å²) in [6, 6.07) is 18.8. The summed E-state index contributed by atoms with van der Waals surface area (Å²) < 4.78 is 1.42. The van der Waals surface area contributed by atoms with E-state index in [1.165, 1.54) is 16.2 Å². The molecule has 198 valence electrons. The Labute approximate surface area is 221 Å². The SMILES string of the molecule is CCN(Cc1ccc(CNC=O)cc1)Cc1ccc(-n2c(-c3cc(C(C)C)c(O)cc3O)n[nH]c2=O)cc1. The summed E-state index contributed by atoms with van der Waals surface area (Å²) in [5.74, 6) is 0.132. The van der Waals surface area contributed by atoms with Gasteiger partial charge in [0, 0.05) is 25.7 Å². The molecule has 0 spiro atoms. The van der Waals surface area contributed by atoms with Gasteiger partial charge in [-0.1, -0.05) is 57.2 Å². The molecular weight excluding hydrogens is 482 g/mol. The van der Waals surface area contributed by atoms with Gasteiger partial charge < -0.3 is 15.5 Å². The number of aromatic nitrogens is 3. The minimum Gasteiger partial charge on any atom is -0.508 e. The minimum atomic E-state index is -0.423. The summed E-state index contributed by atoms with van der Waals surface area (Å²) in [5.41, 5.74) is 4.53. The third-order valence-electron chi connectivity index (χ3n) is 6.55. The van der Waals surface area contributed by atoms with Gasteiger partial charge in [-0.2, -0.15) is 5.10 Å². The average Bonchev–Trinajstić information content (AvgIpc) is 3.29. The first-order valence-electron chi connectivity index (χ1n) is 12.6. The van der Waals surface area contributed by atoms with Crippen molar-refractivity contribution in [2.75, 3.05) is 6.54 Å². The predicted octanol–water partition coefficient (Wildman–Crippen LogP) is 4.03. The van der Waals surface area contributed by atoms with Crippen LogP contribution in [0.2, 0.25) is 0 Å². The number of H-pyrrole nitrogens is 1. The molecule has 4 aromatic rings. The predicted molar refractivity (Wildman–Crippen MR) is 146 cm³/mol. The highest BCUT2D eigenvalue weighted by molar-refractivity contribution is 5.69. The van der Waals surface area contributed by atoms with Gasteiger partial charge in [-0.05, 0) is 52.9 Å². The maximum Gasteiger partial charge on any atom is 0.348 e. The first kappa shape index (κ1) is 26.7. The Bertz CT molecular complexity index is 1440. The number of carbonyl (C=O) groups excluding carboxylic acids is 1. The van der Waals surface area contributed by atoms with Crippen LogP contribution in [0.1, 0.15) is 48.9 Å². The van der Waals surface area contributed by atoms with Crippen molar-refractivity contribution in [2.45, 2.75) is 46.3 Å². The fourth-order valence-corrected chi connectivity index (χ4v) is 4.42. The molecule has 9 heteroatoms. The highest BCUT2D eigenvalue weighted by Gasteiger charge is 2.19. The lowest BCUT2D eigenvalue weighted by molar-refractivity contribution is -0.109. The van der Waals surface area contributed by atoms with E-state index in [-0.39, 0.29) is 23.2 Å². The zero-order chi connectivity index (χ0) is 27.2. The molecular formula is C29H33N5O4. The molecule has 0 fully saturated rings. The van der Waals surface area contributed by atoms with E-state index in [0.29, 0.717) is 29.8 Å². The number of nitrogens with zero attached hydrogens (tertiary/aromatic N) is 3.